The molecule has 0 aliphatic carbocycles. The number of hydrogen-bond donors (Lipinski definition) is 0. The van der Waals surface area contributed by atoms with E-state index in [1.807, 2.05) is 13.0 Å². The molecule has 1 rings (SSSR count). The lowest BCUT2D eigenvalue weighted by Gasteiger charge is -2.07. The molecule has 0 aliphatic heterocycles. The molecule has 0 saturated carbocycles. The zero-order chi connectivity index (χ0) is 11.3. The third-order valence-electron chi connectivity index (χ3n) is 2.09. The van der Waals surface area contributed by atoms with Crippen LogP contribution in [0.15, 0.2) is 30.3 Å². The molecule has 15 heavy (non-hydrogen) atoms. The van der Waals surface area contributed by atoms with E-state index in [-0.39, 0.29) is 10.9 Å². The topological polar surface area (TPSA) is 34.1 Å². The number of rotatable bonds is 4. The molecule has 0 saturated heterocycles. The molecule has 1 atom stereocenters. The van der Waals surface area contributed by atoms with Crippen molar-refractivity contribution in [3.63, 3.8) is 0 Å². The highest BCUT2D eigenvalue weighted by atomic mass is 32.2. The van der Waals surface area contributed by atoms with Crippen LogP contribution in [0.25, 0.3) is 0 Å². The number of thioether (sulfide) groups is 1. The molecule has 0 aromatic heterocycles. The van der Waals surface area contributed by atoms with Crippen LogP contribution in [-0.4, -0.2) is 16.7 Å². The van der Waals surface area contributed by atoms with E-state index in [0.717, 1.165) is 0 Å². The summed E-state index contributed by atoms with van der Waals surface area (Å²) in [7, 11) is 0. The SMILES string of the molecule is CCSC(=O)C(C)C(=O)c1ccccc1. The van der Waals surface area contributed by atoms with Crippen molar-refractivity contribution in [3.05, 3.63) is 35.9 Å². The Kier molecular flexibility index (Phi) is 4.56. The van der Waals surface area contributed by atoms with Crippen LogP contribution in [0.3, 0.4) is 0 Å². The van der Waals surface area contributed by atoms with E-state index >= 15 is 0 Å². The molecule has 0 radical (unpaired) electrons. The predicted octanol–water partition coefficient (Wildman–Crippen LogP) is 2.79. The Morgan fingerprint density at radius 3 is 2.40 bits per heavy atom. The highest BCUT2D eigenvalue weighted by molar-refractivity contribution is 8.13. The van der Waals surface area contributed by atoms with E-state index in [9.17, 15) is 9.59 Å². The van der Waals surface area contributed by atoms with Crippen LogP contribution in [0.2, 0.25) is 0 Å². The average Bonchev–Trinajstić information content (AvgIpc) is 2.28. The maximum Gasteiger partial charge on any atom is 0.199 e. The fourth-order valence-corrected chi connectivity index (χ4v) is 1.87. The molecule has 0 N–H and O–H groups in total. The fraction of sp³-hybridized carbons (Fsp3) is 0.333. The summed E-state index contributed by atoms with van der Waals surface area (Å²) in [6.07, 6.45) is 0. The molecule has 0 fully saturated rings. The van der Waals surface area contributed by atoms with Gasteiger partial charge in [0, 0.05) is 5.56 Å². The zero-order valence-corrected chi connectivity index (χ0v) is 9.71. The molecule has 80 valence electrons. The number of Topliss-reactive ketones (excluding diaryl/α,β-unsaturated/α-hetero) is 1. The highest BCUT2D eigenvalue weighted by Crippen LogP contribution is 2.15. The summed E-state index contributed by atoms with van der Waals surface area (Å²) in [5.41, 5.74) is 0.607. The maximum atomic E-state index is 11.8. The second-order valence-electron chi connectivity index (χ2n) is 3.20. The first-order chi connectivity index (χ1) is 7.16. The summed E-state index contributed by atoms with van der Waals surface area (Å²) in [6.45, 7) is 3.57. The van der Waals surface area contributed by atoms with Gasteiger partial charge in [0.1, 0.15) is 0 Å². The highest BCUT2D eigenvalue weighted by Gasteiger charge is 2.22. The molecule has 2 nitrogen and oxygen atoms in total. The Bertz CT molecular complexity index is 346. The Labute approximate surface area is 94.1 Å². The standard InChI is InChI=1S/C12H14O2S/c1-3-15-12(14)9(2)11(13)10-7-5-4-6-8-10/h4-9H,3H2,1-2H3. The molecule has 1 aromatic carbocycles. The molecule has 0 heterocycles. The van der Waals surface area contributed by atoms with Gasteiger partial charge >= 0.3 is 0 Å². The Morgan fingerprint density at radius 2 is 1.87 bits per heavy atom. The minimum Gasteiger partial charge on any atom is -0.293 e. The van der Waals surface area contributed by atoms with Crippen LogP contribution in [0.5, 0.6) is 0 Å². The van der Waals surface area contributed by atoms with Gasteiger partial charge in [-0.1, -0.05) is 49.0 Å². The van der Waals surface area contributed by atoms with Crippen molar-refractivity contribution in [3.8, 4) is 0 Å². The molecule has 0 amide bonds. The van der Waals surface area contributed by atoms with Gasteiger partial charge < -0.3 is 0 Å². The molecule has 1 aromatic rings. The van der Waals surface area contributed by atoms with Gasteiger partial charge in [-0.25, -0.2) is 0 Å². The number of hydrogen-bond acceptors (Lipinski definition) is 3. The van der Waals surface area contributed by atoms with Crippen LogP contribution in [0, 0.1) is 5.92 Å². The second kappa shape index (κ2) is 5.71. The van der Waals surface area contributed by atoms with E-state index in [1.165, 1.54) is 11.8 Å². The van der Waals surface area contributed by atoms with Gasteiger partial charge in [0.2, 0.25) is 0 Å². The molecule has 0 spiro atoms. The summed E-state index contributed by atoms with van der Waals surface area (Å²) in [6, 6.07) is 8.93. The van der Waals surface area contributed by atoms with Gasteiger partial charge in [0.05, 0.1) is 5.92 Å². The van der Waals surface area contributed by atoms with Gasteiger partial charge in [-0.3, -0.25) is 9.59 Å². The molecule has 3 heteroatoms. The van der Waals surface area contributed by atoms with E-state index < -0.39 is 5.92 Å². The quantitative estimate of drug-likeness (QED) is 0.580. The number of carbonyl (C=O) groups excluding carboxylic acids is 2. The lowest BCUT2D eigenvalue weighted by molar-refractivity contribution is -0.112. The second-order valence-corrected chi connectivity index (χ2v) is 4.47. The van der Waals surface area contributed by atoms with E-state index in [1.54, 1.807) is 31.2 Å². The minimum absolute atomic E-state index is 0.0497. The van der Waals surface area contributed by atoms with Crippen molar-refractivity contribution >= 4 is 22.7 Å². The summed E-state index contributed by atoms with van der Waals surface area (Å²) >= 11 is 1.20. The zero-order valence-electron chi connectivity index (χ0n) is 8.90. The van der Waals surface area contributed by atoms with Crippen LogP contribution in [0.1, 0.15) is 24.2 Å². The van der Waals surface area contributed by atoms with Crippen LogP contribution in [0.4, 0.5) is 0 Å². The number of ketones is 1. The van der Waals surface area contributed by atoms with Crippen LogP contribution in [-0.2, 0) is 4.79 Å². The van der Waals surface area contributed by atoms with Crippen LogP contribution < -0.4 is 0 Å². The van der Waals surface area contributed by atoms with E-state index in [2.05, 4.69) is 0 Å². The monoisotopic (exact) mass is 222 g/mol. The molecule has 1 unspecified atom stereocenters. The van der Waals surface area contributed by atoms with Gasteiger partial charge in [-0.2, -0.15) is 0 Å². The number of benzene rings is 1. The van der Waals surface area contributed by atoms with Crippen molar-refractivity contribution in [1.29, 1.82) is 0 Å². The van der Waals surface area contributed by atoms with E-state index in [4.69, 9.17) is 0 Å². The summed E-state index contributed by atoms with van der Waals surface area (Å²) in [4.78, 5) is 23.3. The van der Waals surface area contributed by atoms with Gasteiger partial charge in [0.15, 0.2) is 10.9 Å². The molecule has 0 bridgehead atoms. The molecular weight excluding hydrogens is 208 g/mol. The Balaban J connectivity index is 2.73. The first-order valence-electron chi connectivity index (χ1n) is 4.92. The lowest BCUT2D eigenvalue weighted by atomic mass is 10.0. The largest absolute Gasteiger partial charge is 0.293 e. The Morgan fingerprint density at radius 1 is 1.27 bits per heavy atom. The summed E-state index contributed by atoms with van der Waals surface area (Å²) in [5.74, 6) is 0.0736. The number of carbonyl (C=O) groups is 2. The minimum atomic E-state index is -0.544. The molecular formula is C12H14O2S. The van der Waals surface area contributed by atoms with Crippen LogP contribution >= 0.6 is 11.8 Å². The first-order valence-corrected chi connectivity index (χ1v) is 5.91. The normalized spacial score (nSPS) is 12.1. The third-order valence-corrected chi connectivity index (χ3v) is 3.02. The Hall–Kier alpha value is -1.09. The average molecular weight is 222 g/mol. The van der Waals surface area contributed by atoms with E-state index in [0.29, 0.717) is 11.3 Å². The van der Waals surface area contributed by atoms with Gasteiger partial charge in [-0.15, -0.1) is 0 Å². The predicted molar refractivity (Wildman–Crippen MR) is 63.1 cm³/mol. The van der Waals surface area contributed by atoms with Crippen molar-refractivity contribution in [1.82, 2.24) is 0 Å². The first kappa shape index (κ1) is 12.0. The fourth-order valence-electron chi connectivity index (χ4n) is 1.23. The summed E-state index contributed by atoms with van der Waals surface area (Å²) < 4.78 is 0. The maximum absolute atomic E-state index is 11.8. The van der Waals surface area contributed by atoms with Gasteiger partial charge in [0.25, 0.3) is 0 Å². The van der Waals surface area contributed by atoms with Crippen molar-refractivity contribution in [2.75, 3.05) is 5.75 Å². The van der Waals surface area contributed by atoms with Crippen molar-refractivity contribution in [2.45, 2.75) is 13.8 Å². The third kappa shape index (κ3) is 3.20. The molecule has 0 aliphatic rings. The van der Waals surface area contributed by atoms with Gasteiger partial charge in [-0.05, 0) is 12.7 Å². The smallest absolute Gasteiger partial charge is 0.199 e. The van der Waals surface area contributed by atoms with Crippen molar-refractivity contribution < 1.29 is 9.59 Å². The van der Waals surface area contributed by atoms with Crippen molar-refractivity contribution in [2.24, 2.45) is 5.92 Å². The lowest BCUT2D eigenvalue weighted by Crippen LogP contribution is -2.18. The summed E-state index contributed by atoms with van der Waals surface area (Å²) in [5, 5.41) is -0.0497.